The Morgan fingerprint density at radius 1 is 0.789 bits per heavy atom. The van der Waals surface area contributed by atoms with Gasteiger partial charge in [-0.15, -0.1) is 0 Å². The van der Waals surface area contributed by atoms with Crippen LogP contribution < -0.4 is 14.8 Å². The number of aromatic nitrogens is 1. The van der Waals surface area contributed by atoms with Gasteiger partial charge in [0.2, 0.25) is 5.91 Å². The van der Waals surface area contributed by atoms with E-state index in [0.29, 0.717) is 24.5 Å². The average Bonchev–Trinajstić information content (AvgIpc) is 3.33. The molecule has 5 heteroatoms. The molecule has 0 radical (unpaired) electrons. The van der Waals surface area contributed by atoms with Crippen LogP contribution in [-0.4, -0.2) is 24.7 Å². The molecule has 5 aromatic rings. The molecule has 0 saturated carbocycles. The maximum absolute atomic E-state index is 13.3. The summed E-state index contributed by atoms with van der Waals surface area (Å²) >= 11 is 0. The Bertz CT molecular complexity index is 1490. The van der Waals surface area contributed by atoms with Crippen molar-refractivity contribution in [3.8, 4) is 11.5 Å². The normalized spacial score (nSPS) is 11.7. The fourth-order valence-corrected chi connectivity index (χ4v) is 4.96. The van der Waals surface area contributed by atoms with Crippen molar-refractivity contribution >= 4 is 16.8 Å². The Hall–Kier alpha value is -4.51. The Balaban J connectivity index is 1.55. The quantitative estimate of drug-likeness (QED) is 0.235. The summed E-state index contributed by atoms with van der Waals surface area (Å²) < 4.78 is 13.4. The van der Waals surface area contributed by atoms with Crippen LogP contribution in [0.25, 0.3) is 10.9 Å². The van der Waals surface area contributed by atoms with Gasteiger partial charge in [0, 0.05) is 48.6 Å². The zero-order chi connectivity index (χ0) is 26.3. The van der Waals surface area contributed by atoms with Crippen molar-refractivity contribution < 1.29 is 14.3 Å². The molecule has 0 fully saturated rings. The predicted molar refractivity (Wildman–Crippen MR) is 152 cm³/mol. The summed E-state index contributed by atoms with van der Waals surface area (Å²) in [5, 5.41) is 4.24. The monoisotopic (exact) mass is 504 g/mol. The van der Waals surface area contributed by atoms with Gasteiger partial charge in [0.25, 0.3) is 0 Å². The van der Waals surface area contributed by atoms with Crippen molar-refractivity contribution in [2.24, 2.45) is 0 Å². The van der Waals surface area contributed by atoms with Crippen LogP contribution in [0.3, 0.4) is 0 Å². The Morgan fingerprint density at radius 2 is 1.39 bits per heavy atom. The van der Waals surface area contributed by atoms with Gasteiger partial charge in [-0.1, -0.05) is 78.9 Å². The van der Waals surface area contributed by atoms with E-state index in [2.05, 4.69) is 64.6 Å². The molecular weight excluding hydrogens is 472 g/mol. The second-order valence-electron chi connectivity index (χ2n) is 9.38. The number of fused-ring (bicyclic) bond motifs is 1. The van der Waals surface area contributed by atoms with Gasteiger partial charge < -0.3 is 19.4 Å². The van der Waals surface area contributed by atoms with Crippen LogP contribution in [0, 0.1) is 0 Å². The summed E-state index contributed by atoms with van der Waals surface area (Å²) in [5.74, 6) is 1.18. The zero-order valence-corrected chi connectivity index (χ0v) is 21.8. The molecule has 192 valence electrons. The number of hydrogen-bond acceptors (Lipinski definition) is 3. The van der Waals surface area contributed by atoms with E-state index in [4.69, 9.17) is 9.47 Å². The molecule has 0 aliphatic heterocycles. The number of ether oxygens (including phenoxy) is 2. The molecule has 4 aromatic carbocycles. The van der Waals surface area contributed by atoms with Crippen LogP contribution in [0.2, 0.25) is 0 Å². The molecule has 0 aliphatic carbocycles. The molecule has 0 spiro atoms. The number of rotatable bonds is 10. The number of benzene rings is 4. The summed E-state index contributed by atoms with van der Waals surface area (Å²) in [6.45, 7) is 1.24. The van der Waals surface area contributed by atoms with Crippen molar-refractivity contribution in [2.45, 2.75) is 25.4 Å². The van der Waals surface area contributed by atoms with Gasteiger partial charge in [-0.05, 0) is 40.5 Å². The number of methoxy groups -OCH3 is 2. The summed E-state index contributed by atoms with van der Waals surface area (Å²) in [5.41, 5.74) is 5.50. The number of amides is 1. The second kappa shape index (κ2) is 11.7. The standard InChI is InChI=1S/C33H32N2O3/c1-37-27-17-26(18-28(19-27)38-2)30(20-33(36)34-21-24-11-5-3-6-12-24)31-23-35(22-25-13-7-4-8-14-25)32-16-10-9-15-29(31)32/h3-19,23,30H,20-22H2,1-2H3,(H,34,36)/t30-/m1/s1. The molecule has 5 rings (SSSR count). The fourth-order valence-electron chi connectivity index (χ4n) is 4.96. The van der Waals surface area contributed by atoms with Gasteiger partial charge in [0.05, 0.1) is 14.2 Å². The van der Waals surface area contributed by atoms with Crippen LogP contribution in [0.15, 0.2) is 109 Å². The van der Waals surface area contributed by atoms with E-state index in [9.17, 15) is 4.79 Å². The molecule has 1 atom stereocenters. The number of nitrogens with one attached hydrogen (secondary N) is 1. The molecule has 1 aromatic heterocycles. The molecule has 38 heavy (non-hydrogen) atoms. The topological polar surface area (TPSA) is 52.5 Å². The lowest BCUT2D eigenvalue weighted by atomic mass is 9.87. The molecule has 1 N–H and O–H groups in total. The lowest BCUT2D eigenvalue weighted by Crippen LogP contribution is -2.25. The van der Waals surface area contributed by atoms with Crippen molar-refractivity contribution in [3.05, 3.63) is 132 Å². The predicted octanol–water partition coefficient (Wildman–Crippen LogP) is 6.55. The minimum atomic E-state index is -0.198. The van der Waals surface area contributed by atoms with Crippen molar-refractivity contribution in [3.63, 3.8) is 0 Å². The molecule has 0 aliphatic rings. The van der Waals surface area contributed by atoms with Gasteiger partial charge in [-0.2, -0.15) is 0 Å². The fraction of sp³-hybridized carbons (Fsp3) is 0.182. The van der Waals surface area contributed by atoms with E-state index in [0.717, 1.165) is 34.1 Å². The highest BCUT2D eigenvalue weighted by atomic mass is 16.5. The van der Waals surface area contributed by atoms with Gasteiger partial charge in [-0.3, -0.25) is 4.79 Å². The molecule has 0 bridgehead atoms. The summed E-state index contributed by atoms with van der Waals surface area (Å²) in [4.78, 5) is 13.3. The Labute approximate surface area is 223 Å². The maximum atomic E-state index is 13.3. The van der Waals surface area contributed by atoms with E-state index < -0.39 is 0 Å². The minimum Gasteiger partial charge on any atom is -0.497 e. The van der Waals surface area contributed by atoms with Crippen LogP contribution in [0.5, 0.6) is 11.5 Å². The van der Waals surface area contributed by atoms with Crippen molar-refractivity contribution in [2.75, 3.05) is 14.2 Å². The highest BCUT2D eigenvalue weighted by Gasteiger charge is 2.24. The van der Waals surface area contributed by atoms with Crippen LogP contribution in [0.4, 0.5) is 0 Å². The first-order chi connectivity index (χ1) is 18.6. The summed E-state index contributed by atoms with van der Waals surface area (Å²) in [6, 6.07) is 34.6. The molecule has 0 unspecified atom stereocenters. The molecule has 1 amide bonds. The van der Waals surface area contributed by atoms with Gasteiger partial charge in [0.15, 0.2) is 0 Å². The maximum Gasteiger partial charge on any atom is 0.221 e. The highest BCUT2D eigenvalue weighted by Crippen LogP contribution is 2.38. The molecule has 1 heterocycles. The Kier molecular flexibility index (Phi) is 7.74. The van der Waals surface area contributed by atoms with E-state index in [1.807, 2.05) is 54.6 Å². The summed E-state index contributed by atoms with van der Waals surface area (Å²) in [7, 11) is 3.29. The number of nitrogens with zero attached hydrogens (tertiary/aromatic N) is 1. The van der Waals surface area contributed by atoms with Crippen molar-refractivity contribution in [1.82, 2.24) is 9.88 Å². The van der Waals surface area contributed by atoms with E-state index in [1.54, 1.807) is 14.2 Å². The van der Waals surface area contributed by atoms with Crippen LogP contribution >= 0.6 is 0 Å². The van der Waals surface area contributed by atoms with E-state index in [-0.39, 0.29) is 11.8 Å². The van der Waals surface area contributed by atoms with E-state index >= 15 is 0 Å². The van der Waals surface area contributed by atoms with Crippen LogP contribution in [-0.2, 0) is 17.9 Å². The van der Waals surface area contributed by atoms with Gasteiger partial charge in [0.1, 0.15) is 11.5 Å². The number of carbonyl (C=O) groups is 1. The average molecular weight is 505 g/mol. The van der Waals surface area contributed by atoms with Crippen LogP contribution in [0.1, 0.15) is 34.6 Å². The third-order valence-corrected chi connectivity index (χ3v) is 6.89. The summed E-state index contributed by atoms with van der Waals surface area (Å²) in [6.07, 6.45) is 2.49. The highest BCUT2D eigenvalue weighted by molar-refractivity contribution is 5.87. The van der Waals surface area contributed by atoms with Gasteiger partial charge >= 0.3 is 0 Å². The first-order valence-electron chi connectivity index (χ1n) is 12.8. The second-order valence-corrected chi connectivity index (χ2v) is 9.38. The SMILES string of the molecule is COc1cc(OC)cc([C@@H](CC(=O)NCc2ccccc2)c2cn(Cc3ccccc3)c3ccccc23)c1. The van der Waals surface area contributed by atoms with Crippen molar-refractivity contribution in [1.29, 1.82) is 0 Å². The largest absolute Gasteiger partial charge is 0.497 e. The molecular formula is C33H32N2O3. The lowest BCUT2D eigenvalue weighted by molar-refractivity contribution is -0.121. The third kappa shape index (κ3) is 5.73. The molecule has 5 nitrogen and oxygen atoms in total. The zero-order valence-electron chi connectivity index (χ0n) is 21.8. The lowest BCUT2D eigenvalue weighted by Gasteiger charge is -2.19. The minimum absolute atomic E-state index is 0.0134. The number of carbonyl (C=O) groups excluding carboxylic acids is 1. The Morgan fingerprint density at radius 3 is 2.05 bits per heavy atom. The smallest absolute Gasteiger partial charge is 0.221 e. The van der Waals surface area contributed by atoms with E-state index in [1.165, 1.54) is 5.56 Å². The number of para-hydroxylation sites is 1. The van der Waals surface area contributed by atoms with Gasteiger partial charge in [-0.25, -0.2) is 0 Å². The first-order valence-corrected chi connectivity index (χ1v) is 12.8. The molecule has 0 saturated heterocycles. The first kappa shape index (κ1) is 25.2. The number of hydrogen-bond donors (Lipinski definition) is 1. The third-order valence-electron chi connectivity index (χ3n) is 6.89.